The van der Waals surface area contributed by atoms with Gasteiger partial charge in [-0.1, -0.05) is 27.5 Å². The molecule has 0 spiro atoms. The first-order chi connectivity index (χ1) is 9.45. The first kappa shape index (κ1) is 14.9. The van der Waals surface area contributed by atoms with Gasteiger partial charge in [0.25, 0.3) is 0 Å². The lowest BCUT2D eigenvalue weighted by molar-refractivity contribution is 0.262. The molecule has 0 saturated carbocycles. The minimum Gasteiger partial charge on any atom is -0.308 e. The molecule has 0 atom stereocenters. The second kappa shape index (κ2) is 6.29. The van der Waals surface area contributed by atoms with Gasteiger partial charge in [-0.25, -0.2) is 4.79 Å². The Balaban J connectivity index is 2.07. The number of carbonyl (C=O) groups is 1. The van der Waals surface area contributed by atoms with E-state index in [2.05, 4.69) is 26.6 Å². The van der Waals surface area contributed by atoms with Crippen LogP contribution in [0.5, 0.6) is 0 Å². The normalized spacial score (nSPS) is 10.2. The molecule has 2 aromatic rings. The van der Waals surface area contributed by atoms with Gasteiger partial charge in [0.05, 0.1) is 0 Å². The molecule has 2 rings (SSSR count). The molecule has 0 aliphatic rings. The van der Waals surface area contributed by atoms with Crippen LogP contribution in [-0.2, 0) is 0 Å². The molecule has 0 aliphatic carbocycles. The third-order valence-corrected chi connectivity index (χ3v) is 3.98. The lowest BCUT2D eigenvalue weighted by Gasteiger charge is -2.11. The van der Waals surface area contributed by atoms with Crippen LogP contribution in [-0.4, -0.2) is 6.03 Å². The number of carbonyl (C=O) groups excluding carboxylic acids is 1. The molecule has 0 bridgehead atoms. The molecule has 0 saturated heterocycles. The zero-order chi connectivity index (χ0) is 14.7. The van der Waals surface area contributed by atoms with E-state index < -0.39 is 0 Å². The van der Waals surface area contributed by atoms with E-state index in [1.807, 2.05) is 32.0 Å². The van der Waals surface area contributed by atoms with Gasteiger partial charge in [-0.05, 0) is 61.4 Å². The van der Waals surface area contributed by atoms with Gasteiger partial charge in [0.2, 0.25) is 0 Å². The summed E-state index contributed by atoms with van der Waals surface area (Å²) >= 11 is 9.31. The van der Waals surface area contributed by atoms with Crippen molar-refractivity contribution >= 4 is 44.9 Å². The minimum atomic E-state index is -0.280. The summed E-state index contributed by atoms with van der Waals surface area (Å²) in [4.78, 5) is 11.9. The van der Waals surface area contributed by atoms with Gasteiger partial charge in [-0.2, -0.15) is 0 Å². The Kier molecular flexibility index (Phi) is 4.68. The van der Waals surface area contributed by atoms with Crippen molar-refractivity contribution in [1.29, 1.82) is 0 Å². The number of nitrogens with one attached hydrogen (secondary N) is 2. The quantitative estimate of drug-likeness (QED) is 0.749. The first-order valence-electron chi connectivity index (χ1n) is 6.06. The van der Waals surface area contributed by atoms with Crippen molar-refractivity contribution < 1.29 is 4.79 Å². The van der Waals surface area contributed by atoms with Crippen LogP contribution in [0, 0.1) is 13.8 Å². The fourth-order valence-corrected chi connectivity index (χ4v) is 2.25. The largest absolute Gasteiger partial charge is 0.323 e. The maximum Gasteiger partial charge on any atom is 0.323 e. The lowest BCUT2D eigenvalue weighted by Crippen LogP contribution is -2.20. The Morgan fingerprint density at radius 1 is 1.05 bits per heavy atom. The van der Waals surface area contributed by atoms with Crippen LogP contribution in [0.15, 0.2) is 40.9 Å². The maximum absolute atomic E-state index is 11.9. The molecular weight excluding hydrogens is 340 g/mol. The van der Waals surface area contributed by atoms with Crippen LogP contribution in [0.2, 0.25) is 5.02 Å². The molecule has 104 valence electrons. The van der Waals surface area contributed by atoms with Gasteiger partial charge < -0.3 is 10.6 Å². The number of hydrogen-bond donors (Lipinski definition) is 2. The van der Waals surface area contributed by atoms with Crippen molar-refractivity contribution in [2.75, 3.05) is 10.6 Å². The zero-order valence-corrected chi connectivity index (χ0v) is 13.5. The third kappa shape index (κ3) is 3.74. The summed E-state index contributed by atoms with van der Waals surface area (Å²) in [7, 11) is 0. The Bertz CT molecular complexity index is 658. The SMILES string of the molecule is Cc1cc(NC(=O)Nc2ccc(Cl)cc2C)ccc1Br. The molecule has 2 aromatic carbocycles. The molecule has 3 nitrogen and oxygen atoms in total. The molecule has 2 amide bonds. The van der Waals surface area contributed by atoms with Crippen molar-refractivity contribution in [2.24, 2.45) is 0 Å². The van der Waals surface area contributed by atoms with Crippen molar-refractivity contribution in [3.05, 3.63) is 57.0 Å². The Labute approximate surface area is 131 Å². The number of aryl methyl sites for hydroxylation is 2. The topological polar surface area (TPSA) is 41.1 Å². The third-order valence-electron chi connectivity index (χ3n) is 2.85. The predicted molar refractivity (Wildman–Crippen MR) is 87.7 cm³/mol. The van der Waals surface area contributed by atoms with Crippen LogP contribution in [0.25, 0.3) is 0 Å². The van der Waals surface area contributed by atoms with Crippen LogP contribution in [0.4, 0.5) is 16.2 Å². The summed E-state index contributed by atoms with van der Waals surface area (Å²) in [6.07, 6.45) is 0. The molecule has 0 heterocycles. The number of anilines is 2. The molecule has 20 heavy (non-hydrogen) atoms. The highest BCUT2D eigenvalue weighted by atomic mass is 79.9. The van der Waals surface area contributed by atoms with E-state index in [0.29, 0.717) is 5.02 Å². The Morgan fingerprint density at radius 2 is 1.80 bits per heavy atom. The van der Waals surface area contributed by atoms with E-state index in [0.717, 1.165) is 27.0 Å². The van der Waals surface area contributed by atoms with Gasteiger partial charge >= 0.3 is 6.03 Å². The maximum atomic E-state index is 11.9. The van der Waals surface area contributed by atoms with E-state index in [9.17, 15) is 4.79 Å². The first-order valence-corrected chi connectivity index (χ1v) is 7.23. The van der Waals surface area contributed by atoms with Gasteiger partial charge in [0.15, 0.2) is 0 Å². The van der Waals surface area contributed by atoms with E-state index in [-0.39, 0.29) is 6.03 Å². The minimum absolute atomic E-state index is 0.280. The van der Waals surface area contributed by atoms with E-state index in [1.54, 1.807) is 18.2 Å². The second-order valence-corrected chi connectivity index (χ2v) is 5.79. The monoisotopic (exact) mass is 352 g/mol. The van der Waals surface area contributed by atoms with E-state index in [4.69, 9.17) is 11.6 Å². The van der Waals surface area contributed by atoms with Crippen LogP contribution >= 0.6 is 27.5 Å². The summed E-state index contributed by atoms with van der Waals surface area (Å²) < 4.78 is 1.01. The average molecular weight is 354 g/mol. The van der Waals surface area contributed by atoms with Crippen molar-refractivity contribution in [3.63, 3.8) is 0 Å². The van der Waals surface area contributed by atoms with E-state index in [1.165, 1.54) is 0 Å². The molecule has 5 heteroatoms. The molecule has 2 N–H and O–H groups in total. The second-order valence-electron chi connectivity index (χ2n) is 4.50. The van der Waals surface area contributed by atoms with Gasteiger partial charge in [0, 0.05) is 20.9 Å². The van der Waals surface area contributed by atoms with E-state index >= 15 is 0 Å². The number of rotatable bonds is 2. The number of urea groups is 1. The molecule has 0 aromatic heterocycles. The fraction of sp³-hybridized carbons (Fsp3) is 0.133. The average Bonchev–Trinajstić information content (AvgIpc) is 2.37. The van der Waals surface area contributed by atoms with Crippen LogP contribution < -0.4 is 10.6 Å². The molecular formula is C15H14BrClN2O. The lowest BCUT2D eigenvalue weighted by atomic mass is 10.2. The number of halogens is 2. The molecule has 0 unspecified atom stereocenters. The molecule has 0 radical (unpaired) electrons. The highest BCUT2D eigenvalue weighted by Gasteiger charge is 2.06. The van der Waals surface area contributed by atoms with Crippen molar-refractivity contribution in [2.45, 2.75) is 13.8 Å². The van der Waals surface area contributed by atoms with Crippen LogP contribution in [0.3, 0.4) is 0 Å². The Morgan fingerprint density at radius 3 is 2.45 bits per heavy atom. The predicted octanol–water partition coefficient (Wildman–Crippen LogP) is 5.36. The van der Waals surface area contributed by atoms with Gasteiger partial charge in [-0.3, -0.25) is 0 Å². The number of hydrogen-bond acceptors (Lipinski definition) is 1. The summed E-state index contributed by atoms with van der Waals surface area (Å²) in [5.74, 6) is 0. The molecule has 0 aliphatic heterocycles. The highest BCUT2D eigenvalue weighted by molar-refractivity contribution is 9.10. The van der Waals surface area contributed by atoms with Crippen LogP contribution in [0.1, 0.15) is 11.1 Å². The summed E-state index contributed by atoms with van der Waals surface area (Å²) in [6.45, 7) is 3.86. The van der Waals surface area contributed by atoms with Gasteiger partial charge in [0.1, 0.15) is 0 Å². The standard InChI is InChI=1S/C15H14BrClN2O/c1-9-8-12(4-5-13(9)16)18-15(20)19-14-6-3-11(17)7-10(14)2/h3-8H,1-2H3,(H2,18,19,20). The summed E-state index contributed by atoms with van der Waals surface area (Å²) in [5.41, 5.74) is 3.46. The molecule has 0 fully saturated rings. The zero-order valence-electron chi connectivity index (χ0n) is 11.1. The van der Waals surface area contributed by atoms with Crippen molar-refractivity contribution in [3.8, 4) is 0 Å². The fourth-order valence-electron chi connectivity index (χ4n) is 1.77. The number of benzene rings is 2. The summed E-state index contributed by atoms with van der Waals surface area (Å²) in [5, 5.41) is 6.25. The highest BCUT2D eigenvalue weighted by Crippen LogP contribution is 2.22. The summed E-state index contributed by atoms with van der Waals surface area (Å²) in [6, 6.07) is 10.7. The van der Waals surface area contributed by atoms with Gasteiger partial charge in [-0.15, -0.1) is 0 Å². The number of amides is 2. The Hall–Kier alpha value is -1.52. The van der Waals surface area contributed by atoms with Crippen molar-refractivity contribution in [1.82, 2.24) is 0 Å². The smallest absolute Gasteiger partial charge is 0.308 e.